The molecule has 6 N–H and O–H groups in total. The Morgan fingerprint density at radius 3 is 0.483 bits per heavy atom. The minimum Gasteiger partial charge on any atom is -0.490 e. The monoisotopic (exact) mass is 2020 g/mol. The van der Waals surface area contributed by atoms with E-state index in [-0.39, 0.29) is 83.0 Å². The molecule has 0 aliphatic heterocycles. The number of hydrogen-bond acceptors (Lipinski definition) is 21. The predicted molar refractivity (Wildman–Crippen MR) is 592 cm³/mol. The van der Waals surface area contributed by atoms with Gasteiger partial charge in [0.25, 0.3) is 35.4 Å². The van der Waals surface area contributed by atoms with Crippen LogP contribution in [0.2, 0.25) is 0 Å². The molecule has 0 aliphatic rings. The zero-order chi connectivity index (χ0) is 104. The lowest BCUT2D eigenvalue weighted by Gasteiger charge is -2.19. The fourth-order valence-electron chi connectivity index (χ4n) is 18.1. The van der Waals surface area contributed by atoms with E-state index in [9.17, 15) is 28.8 Å². The average Bonchev–Trinajstić information content (AvgIpc) is 0.716. The molecule has 3 aromatic heterocycles. The standard InChI is InChI=1S/C120H174N12O15/c1-10-19-28-37-46-55-70-139-100-82-91(83-101(140-71-56-47-38-29-20-11-2)112(100)145-76-61-52-43-34-25-16-7)118(136)130-127-115(133)88-64-67-94-97(79-88)124-109-106(121-94)107-110(125-98-80-89(65-68-95(98)122-107)116(134)128-131-119(137)92-84-102(141-72-57-48-39-30-21-12-3)113(146-77-62-53-44-35-26-17-8)103(85-92)142-73-58-49-40-31-22-13-4)111-108(109)123-96-69-66-90(81-99(96)126-111)117(135)129-132-120(138)93-86-104(143-74-59-50-41-32-23-14-5)114(147-78-63-54-45-36-27-18-9)105(87-93)144-75-60-51-42-33-24-15-6/h64-69,79-87H,10-63,70-78H2,1-9H3,(H,127,133)(H,128,134)(H,129,135)(H,130,136)(H,131,137)(H,132,138). The number of hydrazine groups is 3. The summed E-state index contributed by atoms with van der Waals surface area (Å²) >= 11 is 0. The van der Waals surface area contributed by atoms with Gasteiger partial charge < -0.3 is 42.6 Å². The third kappa shape index (κ3) is 39.7. The normalized spacial score (nSPS) is 11.4. The first kappa shape index (κ1) is 117. The minimum atomic E-state index is -0.663. The number of aromatic nitrogens is 6. The lowest BCUT2D eigenvalue weighted by Crippen LogP contribution is -2.41. The van der Waals surface area contributed by atoms with Crippen LogP contribution in [0.1, 0.15) is 471 Å². The Morgan fingerprint density at radius 1 is 0.170 bits per heavy atom. The Balaban J connectivity index is 0.986. The van der Waals surface area contributed by atoms with Gasteiger partial charge in [-0.1, -0.05) is 351 Å². The Labute approximate surface area is 875 Å². The van der Waals surface area contributed by atoms with Crippen LogP contribution >= 0.6 is 0 Å². The molecular weight excluding hydrogens is 1850 g/mol. The number of carbonyl (C=O) groups excluding carboxylic acids is 6. The smallest absolute Gasteiger partial charge is 0.269 e. The lowest BCUT2D eigenvalue weighted by atomic mass is 10.1. The summed E-state index contributed by atoms with van der Waals surface area (Å²) in [5.41, 5.74) is 20.2. The van der Waals surface area contributed by atoms with Gasteiger partial charge in [0.15, 0.2) is 34.5 Å². The summed E-state index contributed by atoms with van der Waals surface area (Å²) < 4.78 is 58.9. The third-order valence-corrected chi connectivity index (χ3v) is 26.9. The number of ether oxygens (including phenoxy) is 9. The van der Waals surface area contributed by atoms with Crippen molar-refractivity contribution in [3.8, 4) is 51.7 Å². The molecule has 147 heavy (non-hydrogen) atoms. The molecule has 0 spiro atoms. The number of carbonyl (C=O) groups is 6. The van der Waals surface area contributed by atoms with Crippen molar-refractivity contribution in [1.82, 2.24) is 62.5 Å². The van der Waals surface area contributed by atoms with Crippen molar-refractivity contribution in [1.29, 1.82) is 0 Å². The van der Waals surface area contributed by atoms with E-state index < -0.39 is 35.4 Å². The summed E-state index contributed by atoms with van der Waals surface area (Å²) in [7, 11) is 0. The maximum atomic E-state index is 14.6. The van der Waals surface area contributed by atoms with Gasteiger partial charge in [-0.2, -0.15) is 0 Å². The Bertz CT molecular complexity index is 5540. The highest BCUT2D eigenvalue weighted by atomic mass is 16.6. The van der Waals surface area contributed by atoms with Gasteiger partial charge in [0.2, 0.25) is 17.2 Å². The van der Waals surface area contributed by atoms with Crippen LogP contribution in [0.25, 0.3) is 66.2 Å². The maximum absolute atomic E-state index is 14.6. The summed E-state index contributed by atoms with van der Waals surface area (Å²) in [4.78, 5) is 119. The first-order valence-electron chi connectivity index (χ1n) is 57.1. The van der Waals surface area contributed by atoms with Crippen LogP contribution in [-0.4, -0.2) is 125 Å². The molecule has 0 saturated heterocycles. The molecule has 10 aromatic rings. The van der Waals surface area contributed by atoms with E-state index in [1.807, 2.05) is 0 Å². The Hall–Kier alpha value is -11.6. The van der Waals surface area contributed by atoms with Crippen LogP contribution in [0, 0.1) is 0 Å². The van der Waals surface area contributed by atoms with Crippen LogP contribution < -0.4 is 75.2 Å². The number of hydrogen-bond donors (Lipinski definition) is 6. The number of rotatable bonds is 78. The first-order valence-corrected chi connectivity index (χ1v) is 57.1. The van der Waals surface area contributed by atoms with E-state index in [1.54, 1.807) is 91.0 Å². The number of nitrogens with one attached hydrogen (secondary N) is 6. The highest BCUT2D eigenvalue weighted by molar-refractivity contribution is 6.21. The van der Waals surface area contributed by atoms with Crippen molar-refractivity contribution in [2.75, 3.05) is 59.5 Å². The van der Waals surface area contributed by atoms with Gasteiger partial charge in [-0.05, 0) is 149 Å². The fourth-order valence-corrected chi connectivity index (χ4v) is 18.1. The molecule has 0 atom stereocenters. The zero-order valence-electron chi connectivity index (χ0n) is 90.5. The van der Waals surface area contributed by atoms with E-state index in [1.165, 1.54) is 77.0 Å². The predicted octanol–water partition coefficient (Wildman–Crippen LogP) is 29.9. The number of benzene rings is 7. The van der Waals surface area contributed by atoms with Crippen molar-refractivity contribution in [2.45, 2.75) is 409 Å². The summed E-state index contributed by atoms with van der Waals surface area (Å²) in [6.45, 7) is 23.7. The summed E-state index contributed by atoms with van der Waals surface area (Å²) in [5.74, 6) is -0.0414. The SMILES string of the molecule is CCCCCCCCOc1cc(C(=O)NNC(=O)c2ccc3nc4c5nc6ccc(C(=O)NNC(=O)c7cc(OCCCCCCCC)c(OCCCCCCCC)c(OCCCCCCCC)c7)cc6nc5c5nc6cc(C(=O)NNC(=O)c7cc(OCCCCCCCC)c(OCCCCCCCC)c(OCCCCCCCC)c7)ccc6nc5c4nc3c2)cc(OCCCCCCCC)c1OCCCCCCCC. The second kappa shape index (κ2) is 68.8. The largest absolute Gasteiger partial charge is 0.490 e. The number of unbranched alkanes of at least 4 members (excludes halogenated alkanes) is 45. The van der Waals surface area contributed by atoms with Crippen LogP contribution in [0.5, 0.6) is 51.7 Å². The van der Waals surface area contributed by atoms with Crippen molar-refractivity contribution >= 4 is 102 Å². The highest BCUT2D eigenvalue weighted by Gasteiger charge is 2.28. The minimum absolute atomic E-state index is 0.120. The average molecular weight is 2020 g/mol. The van der Waals surface area contributed by atoms with Gasteiger partial charge >= 0.3 is 0 Å². The van der Waals surface area contributed by atoms with E-state index in [2.05, 4.69) is 94.9 Å². The lowest BCUT2D eigenvalue weighted by molar-refractivity contribution is 0.0846. The van der Waals surface area contributed by atoms with Gasteiger partial charge in [0.05, 0.1) is 92.6 Å². The molecule has 6 amide bonds. The van der Waals surface area contributed by atoms with Gasteiger partial charge in [0.1, 0.15) is 33.1 Å². The van der Waals surface area contributed by atoms with Crippen LogP contribution in [0.4, 0.5) is 0 Å². The van der Waals surface area contributed by atoms with Crippen LogP contribution in [0.3, 0.4) is 0 Å². The topological polar surface area (TPSA) is 335 Å². The van der Waals surface area contributed by atoms with Crippen LogP contribution in [0.15, 0.2) is 91.0 Å². The maximum Gasteiger partial charge on any atom is 0.269 e. The van der Waals surface area contributed by atoms with Crippen molar-refractivity contribution < 1.29 is 71.4 Å². The fraction of sp³-hybridized carbons (Fsp3) is 0.600. The molecule has 7 aromatic carbocycles. The molecule has 0 aliphatic carbocycles. The molecule has 804 valence electrons. The molecule has 27 heteroatoms. The second-order valence-corrected chi connectivity index (χ2v) is 39.5. The van der Waals surface area contributed by atoms with E-state index in [4.69, 9.17) is 72.5 Å². The van der Waals surface area contributed by atoms with Gasteiger partial charge in [-0.3, -0.25) is 61.3 Å². The summed E-state index contributed by atoms with van der Waals surface area (Å²) in [6.07, 6.45) is 58.0. The van der Waals surface area contributed by atoms with Crippen molar-refractivity contribution in [3.63, 3.8) is 0 Å². The van der Waals surface area contributed by atoms with E-state index in [0.29, 0.717) is 128 Å². The molecule has 3 heterocycles. The third-order valence-electron chi connectivity index (χ3n) is 26.9. The summed E-state index contributed by atoms with van der Waals surface area (Å²) in [5, 5.41) is 0. The first-order chi connectivity index (χ1) is 72.1. The Kier molecular flexibility index (Phi) is 54.9. The molecule has 0 bridgehead atoms. The highest BCUT2D eigenvalue weighted by Crippen LogP contribution is 2.44. The van der Waals surface area contributed by atoms with Crippen LogP contribution in [-0.2, 0) is 0 Å². The van der Waals surface area contributed by atoms with E-state index in [0.717, 1.165) is 270 Å². The van der Waals surface area contributed by atoms with Crippen molar-refractivity contribution in [3.05, 3.63) is 124 Å². The Morgan fingerprint density at radius 2 is 0.313 bits per heavy atom. The summed E-state index contributed by atoms with van der Waals surface area (Å²) in [6, 6.07) is 24.3. The van der Waals surface area contributed by atoms with E-state index >= 15 is 0 Å². The molecule has 10 rings (SSSR count). The molecule has 0 fully saturated rings. The zero-order valence-corrected chi connectivity index (χ0v) is 90.5. The molecular formula is C120H174N12O15. The van der Waals surface area contributed by atoms with Gasteiger partial charge in [-0.15, -0.1) is 0 Å². The quantitative estimate of drug-likeness (QED) is 0.00892. The number of amides is 6. The second-order valence-electron chi connectivity index (χ2n) is 39.5. The number of nitrogens with zero attached hydrogens (tertiary/aromatic N) is 6. The molecule has 0 unspecified atom stereocenters. The van der Waals surface area contributed by atoms with Gasteiger partial charge in [0, 0.05) is 33.4 Å². The van der Waals surface area contributed by atoms with Gasteiger partial charge in [-0.25, -0.2) is 29.9 Å². The van der Waals surface area contributed by atoms with Crippen molar-refractivity contribution in [2.24, 2.45) is 0 Å². The molecule has 0 radical (unpaired) electrons. The molecule has 0 saturated carbocycles. The molecule has 27 nitrogen and oxygen atoms in total. The number of fused-ring (bicyclic) bond motifs is 9.